The van der Waals surface area contributed by atoms with Crippen LogP contribution in [0.4, 0.5) is 9.59 Å². The van der Waals surface area contributed by atoms with E-state index in [9.17, 15) is 9.59 Å². The molecule has 10 nitrogen and oxygen atoms in total. The molecule has 4 N–H and O–H groups in total. The SMILES string of the molecule is CCC(CN)CC(C)CNC(=O)OCCOCCOCCOCCNC(=O)OC(C)C. The van der Waals surface area contributed by atoms with Gasteiger partial charge in [0.05, 0.1) is 45.7 Å². The first-order valence-corrected chi connectivity index (χ1v) is 11.2. The Morgan fingerprint density at radius 1 is 0.839 bits per heavy atom. The summed E-state index contributed by atoms with van der Waals surface area (Å²) in [7, 11) is 0. The first kappa shape index (κ1) is 29.4. The second kappa shape index (κ2) is 20.3. The van der Waals surface area contributed by atoms with E-state index in [0.29, 0.717) is 71.1 Å². The van der Waals surface area contributed by atoms with Crippen molar-refractivity contribution in [2.24, 2.45) is 17.6 Å². The summed E-state index contributed by atoms with van der Waals surface area (Å²) in [5.74, 6) is 0.850. The summed E-state index contributed by atoms with van der Waals surface area (Å²) in [5, 5.41) is 5.35. The molecule has 2 atom stereocenters. The molecule has 0 spiro atoms. The number of nitrogens with one attached hydrogen (secondary N) is 2. The van der Waals surface area contributed by atoms with Gasteiger partial charge in [-0.2, -0.15) is 0 Å². The van der Waals surface area contributed by atoms with Gasteiger partial charge in [0, 0.05) is 13.1 Å². The van der Waals surface area contributed by atoms with Gasteiger partial charge in [0.15, 0.2) is 0 Å². The molecule has 2 amide bonds. The second-order valence-corrected chi connectivity index (χ2v) is 7.59. The first-order chi connectivity index (χ1) is 14.9. The number of hydrogen-bond donors (Lipinski definition) is 3. The van der Waals surface area contributed by atoms with Gasteiger partial charge in [0.2, 0.25) is 0 Å². The van der Waals surface area contributed by atoms with Crippen LogP contribution in [0.25, 0.3) is 0 Å². The molecule has 10 heteroatoms. The van der Waals surface area contributed by atoms with Crippen molar-refractivity contribution in [1.82, 2.24) is 10.6 Å². The third-order valence-electron chi connectivity index (χ3n) is 4.30. The molecular weight excluding hydrogens is 406 g/mol. The van der Waals surface area contributed by atoms with Gasteiger partial charge in [-0.1, -0.05) is 20.3 Å². The molecule has 0 rings (SSSR count). The highest BCUT2D eigenvalue weighted by molar-refractivity contribution is 5.67. The summed E-state index contributed by atoms with van der Waals surface area (Å²) in [6, 6.07) is 0. The van der Waals surface area contributed by atoms with Crippen LogP contribution in [-0.4, -0.2) is 84.2 Å². The van der Waals surface area contributed by atoms with Crippen LogP contribution in [0.1, 0.15) is 40.5 Å². The van der Waals surface area contributed by atoms with Crippen LogP contribution >= 0.6 is 0 Å². The van der Waals surface area contributed by atoms with E-state index in [-0.39, 0.29) is 12.7 Å². The maximum Gasteiger partial charge on any atom is 0.407 e. The summed E-state index contributed by atoms with van der Waals surface area (Å²) in [5.41, 5.74) is 5.71. The molecule has 0 fully saturated rings. The fraction of sp³-hybridized carbons (Fsp3) is 0.905. The zero-order chi connectivity index (χ0) is 23.3. The maximum atomic E-state index is 11.7. The fourth-order valence-corrected chi connectivity index (χ4v) is 2.61. The van der Waals surface area contributed by atoms with Gasteiger partial charge >= 0.3 is 12.2 Å². The number of carbonyl (C=O) groups is 2. The second-order valence-electron chi connectivity index (χ2n) is 7.59. The summed E-state index contributed by atoms with van der Waals surface area (Å²) >= 11 is 0. The van der Waals surface area contributed by atoms with E-state index in [4.69, 9.17) is 29.4 Å². The predicted octanol–water partition coefficient (Wildman–Crippen LogP) is 1.91. The molecule has 0 aliphatic rings. The Morgan fingerprint density at radius 2 is 1.42 bits per heavy atom. The zero-order valence-corrected chi connectivity index (χ0v) is 19.7. The number of nitrogens with two attached hydrogens (primary N) is 1. The Bertz CT molecular complexity index is 449. The van der Waals surface area contributed by atoms with Crippen LogP contribution in [-0.2, 0) is 23.7 Å². The van der Waals surface area contributed by atoms with Crippen LogP contribution < -0.4 is 16.4 Å². The number of ether oxygens (including phenoxy) is 5. The van der Waals surface area contributed by atoms with Gasteiger partial charge in [0.25, 0.3) is 0 Å². The number of carbonyl (C=O) groups excluding carboxylic acids is 2. The van der Waals surface area contributed by atoms with Crippen molar-refractivity contribution in [2.45, 2.75) is 46.6 Å². The van der Waals surface area contributed by atoms with Crippen LogP contribution in [0.3, 0.4) is 0 Å². The van der Waals surface area contributed by atoms with Gasteiger partial charge in [-0.15, -0.1) is 0 Å². The van der Waals surface area contributed by atoms with Gasteiger partial charge < -0.3 is 40.1 Å². The number of alkyl carbamates (subject to hydrolysis) is 2. The summed E-state index contributed by atoms with van der Waals surface area (Å²) in [6.07, 6.45) is 1.01. The zero-order valence-electron chi connectivity index (χ0n) is 19.7. The molecule has 0 aromatic rings. The highest BCUT2D eigenvalue weighted by Crippen LogP contribution is 2.13. The topological polar surface area (TPSA) is 130 Å². The van der Waals surface area contributed by atoms with Crippen LogP contribution in [0, 0.1) is 11.8 Å². The minimum absolute atomic E-state index is 0.144. The largest absolute Gasteiger partial charge is 0.447 e. The lowest BCUT2D eigenvalue weighted by Gasteiger charge is -2.18. The summed E-state index contributed by atoms with van der Waals surface area (Å²) in [4.78, 5) is 22.9. The van der Waals surface area contributed by atoms with E-state index in [1.807, 2.05) is 0 Å². The standard InChI is InChI=1S/C21H43N3O7/c1-5-19(15-22)14-18(4)16-24-20(25)30-13-12-29-11-10-28-9-8-27-7-6-23-21(26)31-17(2)3/h17-19H,5-16,22H2,1-4H3,(H,23,26)(H,24,25). The lowest BCUT2D eigenvalue weighted by Crippen LogP contribution is -2.31. The van der Waals surface area contributed by atoms with E-state index < -0.39 is 12.2 Å². The summed E-state index contributed by atoms with van der Waals surface area (Å²) < 4.78 is 26.0. The van der Waals surface area contributed by atoms with Crippen LogP contribution in [0.15, 0.2) is 0 Å². The molecule has 0 radical (unpaired) electrons. The molecule has 0 saturated carbocycles. The molecule has 184 valence electrons. The van der Waals surface area contributed by atoms with Gasteiger partial charge in [-0.25, -0.2) is 9.59 Å². The highest BCUT2D eigenvalue weighted by atomic mass is 16.6. The molecule has 31 heavy (non-hydrogen) atoms. The monoisotopic (exact) mass is 449 g/mol. The van der Waals surface area contributed by atoms with Crippen LogP contribution in [0.5, 0.6) is 0 Å². The Hall–Kier alpha value is -1.62. The molecule has 2 unspecified atom stereocenters. The van der Waals surface area contributed by atoms with Gasteiger partial charge in [-0.05, 0) is 38.6 Å². The Labute approximate surface area is 186 Å². The quantitative estimate of drug-likeness (QED) is 0.255. The van der Waals surface area contributed by atoms with E-state index in [0.717, 1.165) is 12.8 Å². The molecule has 0 aromatic heterocycles. The highest BCUT2D eigenvalue weighted by Gasteiger charge is 2.11. The van der Waals surface area contributed by atoms with Crippen molar-refractivity contribution in [2.75, 3.05) is 65.9 Å². The minimum Gasteiger partial charge on any atom is -0.447 e. The Kier molecular flexibility index (Phi) is 19.2. The number of rotatable bonds is 19. The Morgan fingerprint density at radius 3 is 1.97 bits per heavy atom. The molecule has 0 saturated heterocycles. The lowest BCUT2D eigenvalue weighted by molar-refractivity contribution is 0.00599. The third-order valence-corrected chi connectivity index (χ3v) is 4.30. The number of hydrogen-bond acceptors (Lipinski definition) is 8. The minimum atomic E-state index is -0.448. The molecule has 0 bridgehead atoms. The van der Waals surface area contributed by atoms with Crippen LogP contribution in [0.2, 0.25) is 0 Å². The molecule has 0 aliphatic heterocycles. The Balaban J connectivity index is 3.37. The van der Waals surface area contributed by atoms with Crippen molar-refractivity contribution in [3.8, 4) is 0 Å². The molecule has 0 aromatic carbocycles. The average molecular weight is 450 g/mol. The van der Waals surface area contributed by atoms with E-state index in [1.54, 1.807) is 13.8 Å². The van der Waals surface area contributed by atoms with Crippen molar-refractivity contribution >= 4 is 12.2 Å². The molecular formula is C21H43N3O7. The smallest absolute Gasteiger partial charge is 0.407 e. The lowest BCUT2D eigenvalue weighted by atomic mass is 9.94. The maximum absolute atomic E-state index is 11.7. The first-order valence-electron chi connectivity index (χ1n) is 11.2. The number of amides is 2. The molecule has 0 heterocycles. The van der Waals surface area contributed by atoms with Gasteiger partial charge in [-0.3, -0.25) is 0 Å². The molecule has 0 aliphatic carbocycles. The van der Waals surface area contributed by atoms with E-state index in [1.165, 1.54) is 0 Å². The predicted molar refractivity (Wildman–Crippen MR) is 118 cm³/mol. The van der Waals surface area contributed by atoms with Gasteiger partial charge in [0.1, 0.15) is 6.61 Å². The average Bonchev–Trinajstić information content (AvgIpc) is 2.73. The van der Waals surface area contributed by atoms with E-state index >= 15 is 0 Å². The summed E-state index contributed by atoms with van der Waals surface area (Å²) in [6.45, 7) is 12.0. The van der Waals surface area contributed by atoms with Crippen molar-refractivity contribution in [1.29, 1.82) is 0 Å². The van der Waals surface area contributed by atoms with Crippen molar-refractivity contribution in [3.05, 3.63) is 0 Å². The third kappa shape index (κ3) is 20.1. The van der Waals surface area contributed by atoms with Crippen molar-refractivity contribution < 1.29 is 33.3 Å². The van der Waals surface area contributed by atoms with Crippen molar-refractivity contribution in [3.63, 3.8) is 0 Å². The van der Waals surface area contributed by atoms with E-state index in [2.05, 4.69) is 24.5 Å². The normalized spacial score (nSPS) is 13.0. The fourth-order valence-electron chi connectivity index (χ4n) is 2.61.